The summed E-state index contributed by atoms with van der Waals surface area (Å²) in [6.45, 7) is 6.80. The van der Waals surface area contributed by atoms with Gasteiger partial charge < -0.3 is 19.7 Å². The highest BCUT2D eigenvalue weighted by atomic mass is 32.2. The number of methoxy groups -OCH3 is 1. The summed E-state index contributed by atoms with van der Waals surface area (Å²) in [6.07, 6.45) is 1.72. The zero-order chi connectivity index (χ0) is 23.1. The molecule has 1 aromatic heterocycles. The summed E-state index contributed by atoms with van der Waals surface area (Å²) < 4.78 is 38.5. The number of nitrogens with one attached hydrogen (secondary N) is 2. The van der Waals surface area contributed by atoms with Gasteiger partial charge in [0.05, 0.1) is 25.2 Å². The number of aromatic nitrogens is 1. The average molecular weight is 463 g/mol. The number of carbonyl (C=O) groups is 1. The molecule has 0 bridgehead atoms. The zero-order valence-corrected chi connectivity index (χ0v) is 19.4. The molecule has 1 fully saturated rings. The second-order valence-electron chi connectivity index (χ2n) is 7.86. The molecule has 32 heavy (non-hydrogen) atoms. The number of ether oxygens (including phenoxy) is 2. The molecule has 1 aliphatic heterocycles. The molecule has 2 N–H and O–H groups in total. The minimum Gasteiger partial charge on any atom is -0.497 e. The maximum absolute atomic E-state index is 12.8. The first-order chi connectivity index (χ1) is 15.3. The lowest BCUT2D eigenvalue weighted by Gasteiger charge is -2.27. The fourth-order valence-electron chi connectivity index (χ4n) is 3.28. The van der Waals surface area contributed by atoms with Gasteiger partial charge in [0.15, 0.2) is 0 Å². The summed E-state index contributed by atoms with van der Waals surface area (Å²) in [6, 6.07) is 8.92. The van der Waals surface area contributed by atoms with Gasteiger partial charge in [0.25, 0.3) is 0 Å². The van der Waals surface area contributed by atoms with E-state index in [2.05, 4.69) is 19.9 Å². The van der Waals surface area contributed by atoms with Crippen molar-refractivity contribution >= 4 is 21.7 Å². The number of sulfonamides is 1. The Morgan fingerprint density at radius 1 is 1.16 bits per heavy atom. The van der Waals surface area contributed by atoms with Gasteiger partial charge in [-0.1, -0.05) is 19.9 Å². The predicted octanol–water partition coefficient (Wildman–Crippen LogP) is 1.55. The second-order valence-corrected chi connectivity index (χ2v) is 9.57. The van der Waals surface area contributed by atoms with Crippen LogP contribution in [0.4, 0.5) is 5.82 Å². The van der Waals surface area contributed by atoms with Crippen molar-refractivity contribution in [2.24, 2.45) is 5.92 Å². The van der Waals surface area contributed by atoms with Crippen LogP contribution in [0.25, 0.3) is 0 Å². The summed E-state index contributed by atoms with van der Waals surface area (Å²) in [5, 5.41) is 2.81. The number of pyridine rings is 1. The molecule has 1 aliphatic rings. The van der Waals surface area contributed by atoms with Gasteiger partial charge in [-0.15, -0.1) is 0 Å². The van der Waals surface area contributed by atoms with Crippen LogP contribution >= 0.6 is 0 Å². The number of benzene rings is 1. The third-order valence-corrected chi connectivity index (χ3v) is 6.67. The van der Waals surface area contributed by atoms with Crippen molar-refractivity contribution in [3.63, 3.8) is 0 Å². The van der Waals surface area contributed by atoms with Gasteiger partial charge in [-0.05, 0) is 41.8 Å². The number of carbonyl (C=O) groups excluding carboxylic acids is 1. The largest absolute Gasteiger partial charge is 0.497 e. The van der Waals surface area contributed by atoms with Crippen molar-refractivity contribution in [3.05, 3.63) is 48.2 Å². The first-order valence-electron chi connectivity index (χ1n) is 10.5. The van der Waals surface area contributed by atoms with E-state index in [1.807, 2.05) is 12.1 Å². The average Bonchev–Trinajstić information content (AvgIpc) is 2.82. The zero-order valence-electron chi connectivity index (χ0n) is 18.6. The normalized spacial score (nSPS) is 15.4. The third kappa shape index (κ3) is 6.18. The molecular weight excluding hydrogens is 432 g/mol. The van der Waals surface area contributed by atoms with E-state index in [1.165, 1.54) is 19.2 Å². The number of hydrogen-bond acceptors (Lipinski definition) is 7. The number of hydrogen-bond donors (Lipinski definition) is 2. The van der Waals surface area contributed by atoms with Crippen molar-refractivity contribution < 1.29 is 22.7 Å². The van der Waals surface area contributed by atoms with E-state index in [1.54, 1.807) is 32.2 Å². The first kappa shape index (κ1) is 24.0. The molecule has 3 rings (SSSR count). The number of amides is 1. The SMILES string of the molecule is COc1ccc(S(=O)(=O)N[C@@H](C(=O)NCc2ccc(N3CCOCC3)nc2)C(C)C)cc1. The van der Waals surface area contributed by atoms with Crippen molar-refractivity contribution in [2.45, 2.75) is 31.3 Å². The molecule has 1 amide bonds. The highest BCUT2D eigenvalue weighted by molar-refractivity contribution is 7.89. The lowest BCUT2D eigenvalue weighted by molar-refractivity contribution is -0.123. The molecule has 9 nitrogen and oxygen atoms in total. The molecule has 0 unspecified atom stereocenters. The summed E-state index contributed by atoms with van der Waals surface area (Å²) in [5.74, 6) is 0.783. The van der Waals surface area contributed by atoms with Crippen LogP contribution in [0, 0.1) is 5.92 Å². The monoisotopic (exact) mass is 462 g/mol. The van der Waals surface area contributed by atoms with Crippen molar-refractivity contribution in [1.82, 2.24) is 15.0 Å². The highest BCUT2D eigenvalue weighted by Gasteiger charge is 2.28. The maximum atomic E-state index is 12.8. The molecule has 1 atom stereocenters. The Morgan fingerprint density at radius 2 is 1.84 bits per heavy atom. The van der Waals surface area contributed by atoms with Crippen LogP contribution in [-0.4, -0.2) is 58.8 Å². The first-order valence-corrected chi connectivity index (χ1v) is 12.0. The molecular formula is C22H30N4O5S. The maximum Gasteiger partial charge on any atom is 0.241 e. The van der Waals surface area contributed by atoms with E-state index in [0.717, 1.165) is 24.5 Å². The van der Waals surface area contributed by atoms with E-state index in [4.69, 9.17) is 9.47 Å². The molecule has 1 aromatic carbocycles. The fourth-order valence-corrected chi connectivity index (χ4v) is 4.63. The van der Waals surface area contributed by atoms with Crippen molar-refractivity contribution in [2.75, 3.05) is 38.3 Å². The Kier molecular flexibility index (Phi) is 8.05. The minimum atomic E-state index is -3.87. The fraction of sp³-hybridized carbons (Fsp3) is 0.455. The van der Waals surface area contributed by atoms with Crippen LogP contribution in [0.15, 0.2) is 47.5 Å². The summed E-state index contributed by atoms with van der Waals surface area (Å²) in [7, 11) is -2.36. The Bertz CT molecular complexity index is 988. The summed E-state index contributed by atoms with van der Waals surface area (Å²) in [4.78, 5) is 19.5. The molecule has 1 saturated heterocycles. The van der Waals surface area contributed by atoms with Crippen molar-refractivity contribution in [3.8, 4) is 5.75 Å². The van der Waals surface area contributed by atoms with Gasteiger partial charge in [-0.25, -0.2) is 13.4 Å². The minimum absolute atomic E-state index is 0.0691. The third-order valence-electron chi connectivity index (χ3n) is 5.21. The predicted molar refractivity (Wildman–Crippen MR) is 121 cm³/mol. The summed E-state index contributed by atoms with van der Waals surface area (Å²) >= 11 is 0. The van der Waals surface area contributed by atoms with Crippen LogP contribution in [0.1, 0.15) is 19.4 Å². The Morgan fingerprint density at radius 3 is 2.41 bits per heavy atom. The lowest BCUT2D eigenvalue weighted by atomic mass is 10.0. The molecule has 174 valence electrons. The molecule has 0 spiro atoms. The quantitative estimate of drug-likeness (QED) is 0.582. The van der Waals surface area contributed by atoms with Crippen LogP contribution in [0.3, 0.4) is 0 Å². The number of anilines is 1. The smallest absolute Gasteiger partial charge is 0.241 e. The number of morpholine rings is 1. The van der Waals surface area contributed by atoms with E-state index >= 15 is 0 Å². The molecule has 10 heteroatoms. The van der Waals surface area contributed by atoms with E-state index in [-0.39, 0.29) is 17.4 Å². The van der Waals surface area contributed by atoms with Gasteiger partial charge in [0.2, 0.25) is 15.9 Å². The van der Waals surface area contributed by atoms with Gasteiger partial charge in [0.1, 0.15) is 17.6 Å². The van der Waals surface area contributed by atoms with Crippen LogP contribution < -0.4 is 19.7 Å². The van der Waals surface area contributed by atoms with Crippen molar-refractivity contribution in [1.29, 1.82) is 0 Å². The Balaban J connectivity index is 1.61. The van der Waals surface area contributed by atoms with Crippen LogP contribution in [-0.2, 0) is 26.1 Å². The molecule has 2 aromatic rings. The summed E-state index contributed by atoms with van der Waals surface area (Å²) in [5.41, 5.74) is 0.830. The van der Waals surface area contributed by atoms with Gasteiger partial charge in [0, 0.05) is 25.8 Å². The van der Waals surface area contributed by atoms with Crippen LogP contribution in [0.2, 0.25) is 0 Å². The van der Waals surface area contributed by atoms with Crippen LogP contribution in [0.5, 0.6) is 5.75 Å². The van der Waals surface area contributed by atoms with Gasteiger partial charge in [-0.3, -0.25) is 4.79 Å². The van der Waals surface area contributed by atoms with Gasteiger partial charge in [-0.2, -0.15) is 4.72 Å². The topological polar surface area (TPSA) is 110 Å². The van der Waals surface area contributed by atoms with E-state index in [9.17, 15) is 13.2 Å². The Labute approximate surface area is 189 Å². The number of rotatable bonds is 9. The number of nitrogens with zero attached hydrogens (tertiary/aromatic N) is 2. The molecule has 0 aliphatic carbocycles. The standard InChI is InChI=1S/C22H30N4O5S/c1-16(2)21(25-32(28,29)19-7-5-18(30-3)6-8-19)22(27)24-15-17-4-9-20(23-14-17)26-10-12-31-13-11-26/h4-9,14,16,21,25H,10-13,15H2,1-3H3,(H,24,27)/t21-/m1/s1. The molecule has 2 heterocycles. The molecule has 0 saturated carbocycles. The lowest BCUT2D eigenvalue weighted by Crippen LogP contribution is -2.49. The highest BCUT2D eigenvalue weighted by Crippen LogP contribution is 2.17. The van der Waals surface area contributed by atoms with E-state index < -0.39 is 22.0 Å². The van der Waals surface area contributed by atoms with Gasteiger partial charge >= 0.3 is 0 Å². The molecule has 0 radical (unpaired) electrons. The van der Waals surface area contributed by atoms with E-state index in [0.29, 0.717) is 19.0 Å². The Hall–Kier alpha value is -2.69. The second kappa shape index (κ2) is 10.8.